The van der Waals surface area contributed by atoms with Crippen LogP contribution in [0.1, 0.15) is 6.42 Å². The summed E-state index contributed by atoms with van der Waals surface area (Å²) < 4.78 is -0.845. The zero-order valence-corrected chi connectivity index (χ0v) is 9.96. The minimum Gasteiger partial charge on any atom is -0.480 e. The molecule has 5 heteroatoms. The van der Waals surface area contributed by atoms with E-state index in [1.54, 1.807) is 24.3 Å². The predicted octanol–water partition coefficient (Wildman–Crippen LogP) is 2.27. The van der Waals surface area contributed by atoms with Gasteiger partial charge in [0.1, 0.15) is 4.75 Å². The van der Waals surface area contributed by atoms with Crippen LogP contribution in [0.2, 0.25) is 5.02 Å². The zero-order chi connectivity index (χ0) is 11.8. The van der Waals surface area contributed by atoms with Crippen molar-refractivity contribution in [3.63, 3.8) is 0 Å². The fourth-order valence-corrected chi connectivity index (χ4v) is 3.09. The maximum atomic E-state index is 11.2. The van der Waals surface area contributed by atoms with Crippen molar-refractivity contribution in [1.29, 1.82) is 0 Å². The lowest BCUT2D eigenvalue weighted by Crippen LogP contribution is -2.21. The second-order valence-corrected chi connectivity index (χ2v) is 5.67. The van der Waals surface area contributed by atoms with Crippen molar-refractivity contribution >= 4 is 29.3 Å². The van der Waals surface area contributed by atoms with E-state index in [1.807, 2.05) is 0 Å². The molecular formula is C11H11ClO3S. The van der Waals surface area contributed by atoms with E-state index in [0.29, 0.717) is 11.4 Å². The van der Waals surface area contributed by atoms with Crippen molar-refractivity contribution in [1.82, 2.24) is 0 Å². The van der Waals surface area contributed by atoms with Crippen molar-refractivity contribution < 1.29 is 15.0 Å². The SMILES string of the molecule is O=C(O)C1(Sc2ccc(Cl)cc2)CC1CO. The Hall–Kier alpha value is -0.710. The molecule has 0 amide bonds. The maximum Gasteiger partial charge on any atom is 0.320 e. The molecule has 0 aliphatic heterocycles. The number of rotatable bonds is 4. The molecule has 86 valence electrons. The highest BCUT2D eigenvalue weighted by Gasteiger charge is 2.61. The average molecular weight is 259 g/mol. The number of hydrogen-bond donors (Lipinski definition) is 2. The topological polar surface area (TPSA) is 57.5 Å². The molecular weight excluding hydrogens is 248 g/mol. The predicted molar refractivity (Wildman–Crippen MR) is 62.9 cm³/mol. The van der Waals surface area contributed by atoms with Gasteiger partial charge in [0.05, 0.1) is 0 Å². The number of aliphatic hydroxyl groups is 1. The Morgan fingerprint density at radius 3 is 2.56 bits per heavy atom. The van der Waals surface area contributed by atoms with Crippen LogP contribution in [0.5, 0.6) is 0 Å². The third-order valence-electron chi connectivity index (χ3n) is 2.74. The molecule has 0 radical (unpaired) electrons. The van der Waals surface area contributed by atoms with Crippen LogP contribution in [0.25, 0.3) is 0 Å². The van der Waals surface area contributed by atoms with Gasteiger partial charge in [-0.3, -0.25) is 4.79 Å². The van der Waals surface area contributed by atoms with Gasteiger partial charge in [0.15, 0.2) is 0 Å². The number of aliphatic hydroxyl groups excluding tert-OH is 1. The molecule has 1 aromatic carbocycles. The van der Waals surface area contributed by atoms with Crippen LogP contribution < -0.4 is 0 Å². The summed E-state index contributed by atoms with van der Waals surface area (Å²) in [7, 11) is 0. The summed E-state index contributed by atoms with van der Waals surface area (Å²) in [6, 6.07) is 7.06. The number of hydrogen-bond acceptors (Lipinski definition) is 3. The molecule has 0 bridgehead atoms. The van der Waals surface area contributed by atoms with Gasteiger partial charge in [-0.1, -0.05) is 11.6 Å². The molecule has 0 aromatic heterocycles. The van der Waals surface area contributed by atoms with E-state index in [0.717, 1.165) is 4.90 Å². The summed E-state index contributed by atoms with van der Waals surface area (Å²) in [6.07, 6.45) is 0.520. The molecule has 0 heterocycles. The Bertz CT molecular complexity index is 406. The van der Waals surface area contributed by atoms with E-state index in [2.05, 4.69) is 0 Å². The Labute approximate surface area is 102 Å². The van der Waals surface area contributed by atoms with E-state index >= 15 is 0 Å². The van der Waals surface area contributed by atoms with Crippen LogP contribution in [0, 0.1) is 5.92 Å². The van der Waals surface area contributed by atoms with Crippen molar-refractivity contribution in [2.75, 3.05) is 6.61 Å². The minimum absolute atomic E-state index is 0.0765. The van der Waals surface area contributed by atoms with Gasteiger partial charge < -0.3 is 10.2 Å². The largest absolute Gasteiger partial charge is 0.480 e. The summed E-state index contributed by atoms with van der Waals surface area (Å²) in [4.78, 5) is 12.0. The monoisotopic (exact) mass is 258 g/mol. The highest BCUT2D eigenvalue weighted by molar-refractivity contribution is 8.01. The zero-order valence-electron chi connectivity index (χ0n) is 8.39. The summed E-state index contributed by atoms with van der Waals surface area (Å²) >= 11 is 7.04. The molecule has 2 atom stereocenters. The lowest BCUT2D eigenvalue weighted by molar-refractivity contribution is -0.137. The van der Waals surface area contributed by atoms with Crippen molar-refractivity contribution in [2.45, 2.75) is 16.1 Å². The number of carboxylic acid groups (broad SMARTS) is 1. The maximum absolute atomic E-state index is 11.2. The second-order valence-electron chi connectivity index (χ2n) is 3.83. The van der Waals surface area contributed by atoms with Gasteiger partial charge in [-0.25, -0.2) is 0 Å². The number of benzene rings is 1. The molecule has 2 unspecified atom stereocenters. The van der Waals surface area contributed by atoms with Crippen LogP contribution in [0.15, 0.2) is 29.2 Å². The van der Waals surface area contributed by atoms with E-state index in [4.69, 9.17) is 21.8 Å². The Balaban J connectivity index is 2.14. The fourth-order valence-electron chi connectivity index (χ4n) is 1.66. The highest BCUT2D eigenvalue weighted by atomic mass is 35.5. The van der Waals surface area contributed by atoms with Gasteiger partial charge in [0, 0.05) is 22.4 Å². The minimum atomic E-state index is -0.855. The normalized spacial score (nSPS) is 27.8. The molecule has 1 aliphatic carbocycles. The van der Waals surface area contributed by atoms with Gasteiger partial charge in [0.25, 0.3) is 0 Å². The molecule has 1 aromatic rings. The standard InChI is InChI=1S/C11H11ClO3S/c12-8-1-3-9(4-2-8)16-11(10(14)15)5-7(11)6-13/h1-4,7,13H,5-6H2,(H,14,15). The molecule has 2 rings (SSSR count). The molecule has 2 N–H and O–H groups in total. The van der Waals surface area contributed by atoms with Crippen LogP contribution >= 0.6 is 23.4 Å². The third kappa shape index (κ3) is 2.05. The van der Waals surface area contributed by atoms with Crippen molar-refractivity contribution in [3.8, 4) is 0 Å². The van der Waals surface area contributed by atoms with Gasteiger partial charge in [-0.2, -0.15) is 0 Å². The smallest absolute Gasteiger partial charge is 0.320 e. The first-order valence-electron chi connectivity index (χ1n) is 4.87. The van der Waals surface area contributed by atoms with E-state index < -0.39 is 10.7 Å². The molecule has 0 spiro atoms. The van der Waals surface area contributed by atoms with Crippen LogP contribution in [-0.2, 0) is 4.79 Å². The van der Waals surface area contributed by atoms with Gasteiger partial charge >= 0.3 is 5.97 Å². The Kier molecular flexibility index (Phi) is 3.15. The summed E-state index contributed by atoms with van der Waals surface area (Å²) in [5.41, 5.74) is 0. The van der Waals surface area contributed by atoms with Crippen molar-refractivity contribution in [3.05, 3.63) is 29.3 Å². The lowest BCUT2D eigenvalue weighted by Gasteiger charge is -2.11. The number of aliphatic carboxylic acids is 1. The summed E-state index contributed by atoms with van der Waals surface area (Å²) in [6.45, 7) is -0.0765. The molecule has 1 fully saturated rings. The first-order valence-corrected chi connectivity index (χ1v) is 6.07. The third-order valence-corrected chi connectivity index (χ3v) is 4.54. The first-order chi connectivity index (χ1) is 7.58. The Morgan fingerprint density at radius 2 is 2.12 bits per heavy atom. The van der Waals surface area contributed by atoms with E-state index in [9.17, 15) is 4.79 Å². The average Bonchev–Trinajstić information content (AvgIpc) is 2.97. The molecule has 3 nitrogen and oxygen atoms in total. The van der Waals surface area contributed by atoms with E-state index in [1.165, 1.54) is 11.8 Å². The van der Waals surface area contributed by atoms with E-state index in [-0.39, 0.29) is 12.5 Å². The molecule has 1 aliphatic rings. The number of halogens is 1. The van der Waals surface area contributed by atoms with Crippen LogP contribution in [0.3, 0.4) is 0 Å². The summed E-state index contributed by atoms with van der Waals surface area (Å²) in [5, 5.41) is 18.8. The first kappa shape index (κ1) is 11.8. The second kappa shape index (κ2) is 4.28. The quantitative estimate of drug-likeness (QED) is 0.870. The van der Waals surface area contributed by atoms with Crippen LogP contribution in [-0.4, -0.2) is 27.5 Å². The van der Waals surface area contributed by atoms with Crippen molar-refractivity contribution in [2.24, 2.45) is 5.92 Å². The molecule has 16 heavy (non-hydrogen) atoms. The van der Waals surface area contributed by atoms with Gasteiger partial charge in [-0.15, -0.1) is 11.8 Å². The fraction of sp³-hybridized carbons (Fsp3) is 0.364. The number of carboxylic acids is 1. The van der Waals surface area contributed by atoms with Gasteiger partial charge in [-0.05, 0) is 30.7 Å². The summed E-state index contributed by atoms with van der Waals surface area (Å²) in [5.74, 6) is -1.00. The number of carbonyl (C=O) groups is 1. The van der Waals surface area contributed by atoms with Crippen LogP contribution in [0.4, 0.5) is 0 Å². The van der Waals surface area contributed by atoms with Gasteiger partial charge in [0.2, 0.25) is 0 Å². The Morgan fingerprint density at radius 1 is 1.50 bits per heavy atom. The number of thioether (sulfide) groups is 1. The molecule has 1 saturated carbocycles. The highest BCUT2D eigenvalue weighted by Crippen LogP contribution is 2.56. The lowest BCUT2D eigenvalue weighted by atomic mass is 10.3. The molecule has 0 saturated heterocycles.